The second-order valence-corrected chi connectivity index (χ2v) is 5.58. The average Bonchev–Trinajstić information content (AvgIpc) is 2.98. The molecule has 1 heterocycles. The van der Waals surface area contributed by atoms with Crippen molar-refractivity contribution in [1.29, 1.82) is 5.26 Å². The Morgan fingerprint density at radius 1 is 1.47 bits per heavy atom. The highest BCUT2D eigenvalue weighted by atomic mass is 32.2. The first kappa shape index (κ1) is 13.9. The second kappa shape index (κ2) is 6.62. The summed E-state index contributed by atoms with van der Waals surface area (Å²) in [5.41, 5.74) is 2.30. The number of nitriles is 1. The Morgan fingerprint density at radius 2 is 2.32 bits per heavy atom. The Balaban J connectivity index is 2.10. The van der Waals surface area contributed by atoms with Crippen LogP contribution in [0.2, 0.25) is 0 Å². The van der Waals surface area contributed by atoms with Crippen molar-refractivity contribution in [2.24, 2.45) is 0 Å². The minimum absolute atomic E-state index is 0.392. The van der Waals surface area contributed by atoms with Crippen LogP contribution in [0.3, 0.4) is 0 Å². The van der Waals surface area contributed by atoms with Crippen LogP contribution in [0.1, 0.15) is 17.2 Å². The van der Waals surface area contributed by atoms with Crippen molar-refractivity contribution in [3.63, 3.8) is 0 Å². The molecule has 0 aliphatic heterocycles. The van der Waals surface area contributed by atoms with E-state index in [4.69, 9.17) is 0 Å². The van der Waals surface area contributed by atoms with Crippen LogP contribution < -0.4 is 5.32 Å². The predicted molar refractivity (Wildman–Crippen MR) is 80.7 cm³/mol. The van der Waals surface area contributed by atoms with Crippen LogP contribution in [0.5, 0.6) is 0 Å². The topological polar surface area (TPSA) is 56.0 Å². The normalized spacial score (nSPS) is 11.8. The van der Waals surface area contributed by atoms with Gasteiger partial charge >= 0.3 is 0 Å². The summed E-state index contributed by atoms with van der Waals surface area (Å²) in [6, 6.07) is 9.80. The van der Waals surface area contributed by atoms with Gasteiger partial charge in [-0.05, 0) is 40.8 Å². The van der Waals surface area contributed by atoms with E-state index in [0.717, 1.165) is 16.1 Å². The van der Waals surface area contributed by atoms with E-state index in [0.29, 0.717) is 12.1 Å². The number of thioether (sulfide) groups is 1. The quantitative estimate of drug-likeness (QED) is 0.828. The number of aliphatic hydroxyl groups is 1. The van der Waals surface area contributed by atoms with Crippen LogP contribution >= 0.6 is 23.1 Å². The minimum Gasteiger partial charge on any atom is -0.387 e. The van der Waals surface area contributed by atoms with E-state index in [-0.39, 0.29) is 0 Å². The smallest absolute Gasteiger partial charge is 0.102 e. The van der Waals surface area contributed by atoms with E-state index in [9.17, 15) is 10.4 Å². The van der Waals surface area contributed by atoms with E-state index in [2.05, 4.69) is 11.4 Å². The maximum Gasteiger partial charge on any atom is 0.102 e. The lowest BCUT2D eigenvalue weighted by atomic mass is 10.1. The highest BCUT2D eigenvalue weighted by Gasteiger charge is 2.11. The van der Waals surface area contributed by atoms with Crippen molar-refractivity contribution >= 4 is 28.8 Å². The number of hydrogen-bond acceptors (Lipinski definition) is 5. The Hall–Kier alpha value is -1.48. The molecular formula is C14H14N2OS2. The SMILES string of the molecule is CSc1cccc(NCC(O)c2ccsc2)c1C#N. The van der Waals surface area contributed by atoms with Crippen molar-refractivity contribution < 1.29 is 5.11 Å². The van der Waals surface area contributed by atoms with Gasteiger partial charge in [0.2, 0.25) is 0 Å². The molecule has 1 aromatic heterocycles. The lowest BCUT2D eigenvalue weighted by molar-refractivity contribution is 0.192. The third-order valence-electron chi connectivity index (χ3n) is 2.77. The summed E-state index contributed by atoms with van der Waals surface area (Å²) in [5, 5.41) is 26.2. The van der Waals surface area contributed by atoms with Gasteiger partial charge in [0, 0.05) is 11.4 Å². The van der Waals surface area contributed by atoms with E-state index >= 15 is 0 Å². The molecule has 1 unspecified atom stereocenters. The number of nitrogens with zero attached hydrogens (tertiary/aromatic N) is 1. The molecule has 1 atom stereocenters. The van der Waals surface area contributed by atoms with E-state index < -0.39 is 6.10 Å². The summed E-state index contributed by atoms with van der Waals surface area (Å²) < 4.78 is 0. The fourth-order valence-electron chi connectivity index (χ4n) is 1.75. The molecule has 1 aromatic carbocycles. The van der Waals surface area contributed by atoms with Gasteiger partial charge in [0.1, 0.15) is 6.07 Å². The van der Waals surface area contributed by atoms with Crippen LogP contribution in [-0.4, -0.2) is 17.9 Å². The molecule has 0 aliphatic carbocycles. The monoisotopic (exact) mass is 290 g/mol. The lowest BCUT2D eigenvalue weighted by Gasteiger charge is -2.14. The molecule has 0 amide bonds. The van der Waals surface area contributed by atoms with E-state index in [1.54, 1.807) is 23.1 Å². The predicted octanol–water partition coefficient (Wildman–Crippen LogP) is 3.49. The van der Waals surface area contributed by atoms with Crippen molar-refractivity contribution in [3.8, 4) is 6.07 Å². The van der Waals surface area contributed by atoms with Gasteiger partial charge in [-0.15, -0.1) is 11.8 Å². The summed E-state index contributed by atoms with van der Waals surface area (Å²) in [4.78, 5) is 0.942. The average molecular weight is 290 g/mol. The van der Waals surface area contributed by atoms with Gasteiger partial charge in [-0.2, -0.15) is 16.6 Å². The highest BCUT2D eigenvalue weighted by Crippen LogP contribution is 2.27. The molecule has 2 N–H and O–H groups in total. The van der Waals surface area contributed by atoms with Crippen LogP contribution in [0.25, 0.3) is 0 Å². The molecular weight excluding hydrogens is 276 g/mol. The molecule has 2 rings (SSSR count). The molecule has 3 nitrogen and oxygen atoms in total. The summed E-state index contributed by atoms with van der Waals surface area (Å²) in [6.45, 7) is 0.392. The fourth-order valence-corrected chi connectivity index (χ4v) is 3.03. The Kier molecular flexibility index (Phi) is 4.86. The van der Waals surface area contributed by atoms with Gasteiger partial charge in [-0.25, -0.2) is 0 Å². The zero-order valence-electron chi connectivity index (χ0n) is 10.5. The molecule has 98 valence electrons. The van der Waals surface area contributed by atoms with Crippen molar-refractivity contribution in [2.45, 2.75) is 11.0 Å². The second-order valence-electron chi connectivity index (χ2n) is 3.95. The van der Waals surface area contributed by atoms with Gasteiger partial charge < -0.3 is 10.4 Å². The number of rotatable bonds is 5. The van der Waals surface area contributed by atoms with Gasteiger partial charge in [0.15, 0.2) is 0 Å². The number of aliphatic hydroxyl groups excluding tert-OH is 1. The highest BCUT2D eigenvalue weighted by molar-refractivity contribution is 7.98. The first-order chi connectivity index (χ1) is 9.26. The van der Waals surface area contributed by atoms with E-state index in [1.165, 1.54) is 0 Å². The molecule has 0 radical (unpaired) electrons. The minimum atomic E-state index is -0.560. The van der Waals surface area contributed by atoms with Crippen LogP contribution in [0.15, 0.2) is 39.9 Å². The fraction of sp³-hybridized carbons (Fsp3) is 0.214. The van der Waals surface area contributed by atoms with Crippen LogP contribution in [-0.2, 0) is 0 Å². The summed E-state index contributed by atoms with van der Waals surface area (Å²) in [7, 11) is 0. The largest absolute Gasteiger partial charge is 0.387 e. The Bertz CT molecular complexity index is 576. The molecule has 0 bridgehead atoms. The van der Waals surface area contributed by atoms with E-state index in [1.807, 2.05) is 41.3 Å². The molecule has 0 saturated carbocycles. The Labute approximate surface area is 120 Å². The van der Waals surface area contributed by atoms with Crippen molar-refractivity contribution in [1.82, 2.24) is 0 Å². The van der Waals surface area contributed by atoms with Gasteiger partial charge in [0.25, 0.3) is 0 Å². The Morgan fingerprint density at radius 3 is 2.95 bits per heavy atom. The number of thiophene rings is 1. The summed E-state index contributed by atoms with van der Waals surface area (Å²) in [6.07, 6.45) is 1.39. The van der Waals surface area contributed by atoms with Crippen molar-refractivity contribution in [2.75, 3.05) is 18.1 Å². The first-order valence-corrected chi connectivity index (χ1v) is 7.94. The van der Waals surface area contributed by atoms with Crippen LogP contribution in [0, 0.1) is 11.3 Å². The first-order valence-electron chi connectivity index (χ1n) is 5.77. The molecule has 2 aromatic rings. The number of nitrogens with one attached hydrogen (secondary N) is 1. The van der Waals surface area contributed by atoms with Crippen LogP contribution in [0.4, 0.5) is 5.69 Å². The maximum atomic E-state index is 10.0. The lowest BCUT2D eigenvalue weighted by Crippen LogP contribution is -2.12. The zero-order valence-corrected chi connectivity index (χ0v) is 12.1. The standard InChI is InChI=1S/C14H14N2OS2/c1-18-14-4-2-3-12(11(14)7-15)16-8-13(17)10-5-6-19-9-10/h2-6,9,13,16-17H,8H2,1H3. The molecule has 0 fully saturated rings. The molecule has 0 aliphatic rings. The number of benzene rings is 1. The molecule has 0 saturated heterocycles. The van der Waals surface area contributed by atoms with Crippen molar-refractivity contribution in [3.05, 3.63) is 46.2 Å². The number of anilines is 1. The van der Waals surface area contributed by atoms with Gasteiger partial charge in [-0.1, -0.05) is 6.07 Å². The van der Waals surface area contributed by atoms with Gasteiger partial charge in [-0.3, -0.25) is 0 Å². The third kappa shape index (κ3) is 3.29. The zero-order chi connectivity index (χ0) is 13.7. The molecule has 5 heteroatoms. The summed E-state index contributed by atoms with van der Waals surface area (Å²) >= 11 is 3.10. The summed E-state index contributed by atoms with van der Waals surface area (Å²) in [5.74, 6) is 0. The number of hydrogen-bond donors (Lipinski definition) is 2. The third-order valence-corrected chi connectivity index (χ3v) is 4.25. The molecule has 19 heavy (non-hydrogen) atoms. The molecule has 0 spiro atoms. The van der Waals surface area contributed by atoms with Gasteiger partial charge in [0.05, 0.1) is 17.4 Å². The maximum absolute atomic E-state index is 10.0.